The minimum Gasteiger partial charge on any atom is -0.460 e. The molecule has 6 nitrogen and oxygen atoms in total. The van der Waals surface area contributed by atoms with Gasteiger partial charge in [0.2, 0.25) is 0 Å². The topological polar surface area (TPSA) is 66.2 Å². The highest BCUT2D eigenvalue weighted by Crippen LogP contribution is 2.32. The highest BCUT2D eigenvalue weighted by Gasteiger charge is 2.33. The highest BCUT2D eigenvalue weighted by molar-refractivity contribution is 5.86. The second-order valence-corrected chi connectivity index (χ2v) is 5.63. The van der Waals surface area contributed by atoms with Crippen molar-refractivity contribution in [2.45, 2.75) is 26.2 Å². The quantitative estimate of drug-likeness (QED) is 0.735. The van der Waals surface area contributed by atoms with Gasteiger partial charge >= 0.3 is 6.01 Å². The molecule has 1 aromatic carbocycles. The van der Waals surface area contributed by atoms with Crippen LogP contribution in [0.2, 0.25) is 0 Å². The van der Waals surface area contributed by atoms with Crippen LogP contribution in [-0.4, -0.2) is 41.0 Å². The zero-order chi connectivity index (χ0) is 16.2. The molecule has 23 heavy (non-hydrogen) atoms. The summed E-state index contributed by atoms with van der Waals surface area (Å²) >= 11 is 0. The minimum atomic E-state index is -0.00587. The number of nitrogens with zero attached hydrogens (tertiary/aromatic N) is 3. The van der Waals surface area contributed by atoms with Crippen LogP contribution in [0.1, 0.15) is 30.1 Å². The number of hydrogen-bond acceptors (Lipinski definition) is 5. The standard InChI is InChI=1S/C17H21N3O3/c1-3-12-4-6-13(7-5-12)15-18-17(23-11-10-22-2)19-20(15)16(21)14-8-9-14/h4-7,14H,3,8-11H2,1-2H3. The normalized spacial score (nSPS) is 14.0. The number of rotatable bonds is 7. The molecule has 6 heteroatoms. The molecular formula is C17H21N3O3. The fourth-order valence-electron chi connectivity index (χ4n) is 2.30. The largest absolute Gasteiger partial charge is 0.460 e. The van der Waals surface area contributed by atoms with Gasteiger partial charge in [0.05, 0.1) is 6.61 Å². The van der Waals surface area contributed by atoms with Crippen LogP contribution in [-0.2, 0) is 11.2 Å². The summed E-state index contributed by atoms with van der Waals surface area (Å²) < 4.78 is 11.8. The predicted molar refractivity (Wildman–Crippen MR) is 85.6 cm³/mol. The lowest BCUT2D eigenvalue weighted by Crippen LogP contribution is -2.16. The van der Waals surface area contributed by atoms with Gasteiger partial charge in [0.15, 0.2) is 5.82 Å². The van der Waals surface area contributed by atoms with Crippen LogP contribution in [0.5, 0.6) is 6.01 Å². The summed E-state index contributed by atoms with van der Waals surface area (Å²) in [6.07, 6.45) is 2.82. The van der Waals surface area contributed by atoms with E-state index in [9.17, 15) is 4.79 Å². The zero-order valence-corrected chi connectivity index (χ0v) is 13.5. The lowest BCUT2D eigenvalue weighted by Gasteiger charge is -2.04. The molecule has 0 saturated heterocycles. The van der Waals surface area contributed by atoms with E-state index in [1.807, 2.05) is 24.3 Å². The van der Waals surface area contributed by atoms with Gasteiger partial charge in [0.25, 0.3) is 5.91 Å². The Morgan fingerprint density at radius 2 is 2.00 bits per heavy atom. The summed E-state index contributed by atoms with van der Waals surface area (Å²) in [6, 6.07) is 8.24. The van der Waals surface area contributed by atoms with E-state index in [1.54, 1.807) is 7.11 Å². The summed E-state index contributed by atoms with van der Waals surface area (Å²) in [4.78, 5) is 16.8. The van der Waals surface area contributed by atoms with Gasteiger partial charge in [-0.1, -0.05) is 31.2 Å². The number of ether oxygens (including phenoxy) is 2. The van der Waals surface area contributed by atoms with Crippen molar-refractivity contribution in [1.82, 2.24) is 14.8 Å². The Morgan fingerprint density at radius 1 is 1.26 bits per heavy atom. The van der Waals surface area contributed by atoms with Crippen LogP contribution in [0.15, 0.2) is 24.3 Å². The van der Waals surface area contributed by atoms with Gasteiger partial charge in [-0.25, -0.2) is 0 Å². The first kappa shape index (κ1) is 15.7. The Kier molecular flexibility index (Phi) is 4.71. The van der Waals surface area contributed by atoms with Crippen LogP contribution < -0.4 is 4.74 Å². The van der Waals surface area contributed by atoms with Crippen LogP contribution in [0, 0.1) is 5.92 Å². The Labute approximate surface area is 135 Å². The van der Waals surface area contributed by atoms with E-state index < -0.39 is 0 Å². The molecule has 0 atom stereocenters. The smallest absolute Gasteiger partial charge is 0.336 e. The molecule has 0 N–H and O–H groups in total. The first-order valence-corrected chi connectivity index (χ1v) is 7.95. The van der Waals surface area contributed by atoms with Gasteiger partial charge in [0.1, 0.15) is 6.61 Å². The van der Waals surface area contributed by atoms with Crippen molar-refractivity contribution < 1.29 is 14.3 Å². The van der Waals surface area contributed by atoms with E-state index in [0.29, 0.717) is 19.0 Å². The first-order valence-electron chi connectivity index (χ1n) is 7.95. The fourth-order valence-corrected chi connectivity index (χ4v) is 2.30. The maximum atomic E-state index is 12.4. The zero-order valence-electron chi connectivity index (χ0n) is 13.5. The first-order chi connectivity index (χ1) is 11.2. The fraction of sp³-hybridized carbons (Fsp3) is 0.471. The molecule has 1 heterocycles. The van der Waals surface area contributed by atoms with Crippen LogP contribution >= 0.6 is 0 Å². The lowest BCUT2D eigenvalue weighted by molar-refractivity contribution is 0.0868. The SMILES string of the molecule is CCc1ccc(-c2nc(OCCOC)nn2C(=O)C2CC2)cc1. The van der Waals surface area contributed by atoms with E-state index in [-0.39, 0.29) is 17.8 Å². The van der Waals surface area contributed by atoms with E-state index in [0.717, 1.165) is 24.8 Å². The molecule has 0 radical (unpaired) electrons. The van der Waals surface area contributed by atoms with Gasteiger partial charge in [-0.05, 0) is 24.8 Å². The summed E-state index contributed by atoms with van der Waals surface area (Å²) in [5.74, 6) is 0.600. The maximum Gasteiger partial charge on any atom is 0.336 e. The molecule has 0 bridgehead atoms. The second kappa shape index (κ2) is 6.91. The third kappa shape index (κ3) is 3.59. The average Bonchev–Trinajstić information content (AvgIpc) is 3.35. The number of methoxy groups -OCH3 is 1. The van der Waals surface area contributed by atoms with E-state index >= 15 is 0 Å². The molecule has 0 aliphatic heterocycles. The molecule has 1 aliphatic rings. The molecule has 1 aromatic heterocycles. The van der Waals surface area contributed by atoms with Crippen molar-refractivity contribution in [2.75, 3.05) is 20.3 Å². The van der Waals surface area contributed by atoms with Crippen molar-refractivity contribution >= 4 is 5.91 Å². The molecule has 2 aromatic rings. The molecule has 0 unspecified atom stereocenters. The molecule has 1 fully saturated rings. The molecule has 3 rings (SSSR count). The van der Waals surface area contributed by atoms with Gasteiger partial charge in [-0.2, -0.15) is 9.67 Å². The third-order valence-corrected chi connectivity index (χ3v) is 3.86. The van der Waals surface area contributed by atoms with Crippen LogP contribution in [0.4, 0.5) is 0 Å². The summed E-state index contributed by atoms with van der Waals surface area (Å²) in [6.45, 7) is 2.91. The molecule has 1 saturated carbocycles. The number of hydrogen-bond donors (Lipinski definition) is 0. The van der Waals surface area contributed by atoms with E-state index in [2.05, 4.69) is 17.0 Å². The van der Waals surface area contributed by atoms with Crippen LogP contribution in [0.3, 0.4) is 0 Å². The molecule has 0 spiro atoms. The molecular weight excluding hydrogens is 294 g/mol. The van der Waals surface area contributed by atoms with E-state index in [1.165, 1.54) is 10.2 Å². The summed E-state index contributed by atoms with van der Waals surface area (Å²) in [5.41, 5.74) is 2.11. The number of carbonyl (C=O) groups is 1. The molecule has 122 valence electrons. The van der Waals surface area contributed by atoms with Crippen molar-refractivity contribution in [2.24, 2.45) is 5.92 Å². The Hall–Kier alpha value is -2.21. The second-order valence-electron chi connectivity index (χ2n) is 5.63. The Balaban J connectivity index is 1.89. The molecule has 1 aliphatic carbocycles. The van der Waals surface area contributed by atoms with E-state index in [4.69, 9.17) is 9.47 Å². The van der Waals surface area contributed by atoms with Gasteiger partial charge in [0, 0.05) is 18.6 Å². The van der Waals surface area contributed by atoms with Crippen molar-refractivity contribution in [3.8, 4) is 17.4 Å². The van der Waals surface area contributed by atoms with Crippen LogP contribution in [0.25, 0.3) is 11.4 Å². The number of aryl methyl sites for hydroxylation is 1. The monoisotopic (exact) mass is 315 g/mol. The van der Waals surface area contributed by atoms with Gasteiger partial charge in [-0.3, -0.25) is 4.79 Å². The third-order valence-electron chi connectivity index (χ3n) is 3.86. The van der Waals surface area contributed by atoms with Crippen molar-refractivity contribution in [3.05, 3.63) is 29.8 Å². The lowest BCUT2D eigenvalue weighted by atomic mass is 10.1. The Bertz CT molecular complexity index is 675. The Morgan fingerprint density at radius 3 is 2.61 bits per heavy atom. The summed E-state index contributed by atoms with van der Waals surface area (Å²) in [5, 5.41) is 4.24. The van der Waals surface area contributed by atoms with Gasteiger partial charge < -0.3 is 9.47 Å². The highest BCUT2D eigenvalue weighted by atomic mass is 16.5. The predicted octanol–water partition coefficient (Wildman–Crippen LogP) is 2.58. The van der Waals surface area contributed by atoms with Crippen molar-refractivity contribution in [3.63, 3.8) is 0 Å². The number of aromatic nitrogens is 3. The average molecular weight is 315 g/mol. The maximum absolute atomic E-state index is 12.4. The van der Waals surface area contributed by atoms with Crippen molar-refractivity contribution in [1.29, 1.82) is 0 Å². The van der Waals surface area contributed by atoms with Gasteiger partial charge in [-0.15, -0.1) is 5.10 Å². The summed E-state index contributed by atoms with van der Waals surface area (Å²) in [7, 11) is 1.60. The number of carbonyl (C=O) groups excluding carboxylic acids is 1. The molecule has 0 amide bonds. The minimum absolute atomic E-state index is 0.00587. The number of benzene rings is 1.